The number of piperazine rings is 2. The smallest absolute Gasteiger partial charge is 0.282 e. The van der Waals surface area contributed by atoms with Crippen LogP contribution in [0.4, 0.5) is 5.69 Å². The number of pyridine rings is 1. The topological polar surface area (TPSA) is 80.3 Å². The number of hydrogen-bond donors (Lipinski definition) is 0. The van der Waals surface area contributed by atoms with Crippen molar-refractivity contribution in [2.45, 2.75) is 0 Å². The standard InChI is InChI=1S/C17H28N6O3S/c1-19(2)15-4-5-16(18-14-15)17(24)21-8-12-23(13-9-21)27(25,26)22-10-6-20(3)7-11-22/h4-5,14H,6-13H2,1-3H3. The van der Waals surface area contributed by atoms with Crippen LogP contribution in [0.3, 0.4) is 0 Å². The first kappa shape index (κ1) is 20.0. The van der Waals surface area contributed by atoms with E-state index in [2.05, 4.69) is 9.88 Å². The van der Waals surface area contributed by atoms with Crippen molar-refractivity contribution in [2.24, 2.45) is 0 Å². The average Bonchev–Trinajstić information content (AvgIpc) is 2.68. The van der Waals surface area contributed by atoms with Crippen molar-refractivity contribution in [3.05, 3.63) is 24.0 Å². The molecule has 3 rings (SSSR count). The first-order valence-electron chi connectivity index (χ1n) is 9.15. The Morgan fingerprint density at radius 3 is 2.00 bits per heavy atom. The second-order valence-corrected chi connectivity index (χ2v) is 9.13. The van der Waals surface area contributed by atoms with E-state index >= 15 is 0 Å². The molecule has 2 saturated heterocycles. The van der Waals surface area contributed by atoms with Gasteiger partial charge in [0.2, 0.25) is 0 Å². The largest absolute Gasteiger partial charge is 0.376 e. The first-order valence-corrected chi connectivity index (χ1v) is 10.5. The third-order valence-corrected chi connectivity index (χ3v) is 7.16. The first-order chi connectivity index (χ1) is 12.8. The molecular weight excluding hydrogens is 368 g/mol. The molecule has 1 aromatic heterocycles. The zero-order chi connectivity index (χ0) is 19.6. The van der Waals surface area contributed by atoms with Crippen LogP contribution in [-0.2, 0) is 10.2 Å². The Balaban J connectivity index is 1.58. The molecule has 0 radical (unpaired) electrons. The molecular formula is C17H28N6O3S. The summed E-state index contributed by atoms with van der Waals surface area (Å²) >= 11 is 0. The van der Waals surface area contributed by atoms with Crippen LogP contribution in [0.2, 0.25) is 0 Å². The maximum absolute atomic E-state index is 12.8. The van der Waals surface area contributed by atoms with Gasteiger partial charge < -0.3 is 14.7 Å². The molecule has 2 fully saturated rings. The third kappa shape index (κ3) is 4.40. The fourth-order valence-corrected chi connectivity index (χ4v) is 4.82. The molecule has 0 bridgehead atoms. The van der Waals surface area contributed by atoms with Gasteiger partial charge in [0.25, 0.3) is 16.1 Å². The summed E-state index contributed by atoms with van der Waals surface area (Å²) < 4.78 is 28.7. The van der Waals surface area contributed by atoms with Gasteiger partial charge in [-0.05, 0) is 19.2 Å². The summed E-state index contributed by atoms with van der Waals surface area (Å²) in [6, 6.07) is 3.57. The summed E-state index contributed by atoms with van der Waals surface area (Å²) in [4.78, 5) is 22.6. The van der Waals surface area contributed by atoms with E-state index < -0.39 is 10.2 Å². The van der Waals surface area contributed by atoms with Crippen LogP contribution in [0, 0.1) is 0 Å². The van der Waals surface area contributed by atoms with E-state index in [1.165, 1.54) is 4.31 Å². The lowest BCUT2D eigenvalue weighted by Crippen LogP contribution is -2.57. The lowest BCUT2D eigenvalue weighted by molar-refractivity contribution is 0.0686. The van der Waals surface area contributed by atoms with Gasteiger partial charge in [-0.2, -0.15) is 17.0 Å². The number of aromatic nitrogens is 1. The molecule has 10 heteroatoms. The summed E-state index contributed by atoms with van der Waals surface area (Å²) in [7, 11) is 2.37. The van der Waals surface area contributed by atoms with Gasteiger partial charge in [0.05, 0.1) is 11.9 Å². The number of hydrogen-bond acceptors (Lipinski definition) is 6. The monoisotopic (exact) mass is 396 g/mol. The van der Waals surface area contributed by atoms with E-state index in [4.69, 9.17) is 0 Å². The molecule has 0 spiro atoms. The van der Waals surface area contributed by atoms with Gasteiger partial charge >= 0.3 is 0 Å². The molecule has 2 aliphatic heterocycles. The Hall–Kier alpha value is -1.75. The second kappa shape index (κ2) is 8.09. The Labute approximate surface area is 161 Å². The Kier molecular flexibility index (Phi) is 5.99. The van der Waals surface area contributed by atoms with Crippen LogP contribution in [0.15, 0.2) is 18.3 Å². The molecule has 0 unspecified atom stereocenters. The molecule has 1 amide bonds. The molecule has 3 heterocycles. The predicted octanol–water partition coefficient (Wildman–Crippen LogP) is -0.602. The van der Waals surface area contributed by atoms with E-state index in [0.717, 1.165) is 18.8 Å². The number of nitrogens with zero attached hydrogens (tertiary/aromatic N) is 6. The maximum atomic E-state index is 12.8. The van der Waals surface area contributed by atoms with Crippen LogP contribution in [0.5, 0.6) is 0 Å². The molecule has 150 valence electrons. The van der Waals surface area contributed by atoms with Crippen molar-refractivity contribution in [3.8, 4) is 0 Å². The van der Waals surface area contributed by atoms with Crippen molar-refractivity contribution in [1.82, 2.24) is 23.4 Å². The Bertz CT molecular complexity index is 751. The highest BCUT2D eigenvalue weighted by Crippen LogP contribution is 2.16. The second-order valence-electron chi connectivity index (χ2n) is 7.20. The molecule has 1 aromatic rings. The highest BCUT2D eigenvalue weighted by atomic mass is 32.2. The van der Waals surface area contributed by atoms with Gasteiger partial charge in [-0.3, -0.25) is 4.79 Å². The van der Waals surface area contributed by atoms with Crippen molar-refractivity contribution in [3.63, 3.8) is 0 Å². The van der Waals surface area contributed by atoms with Gasteiger partial charge in [0.1, 0.15) is 5.69 Å². The number of anilines is 1. The number of likely N-dealkylation sites (N-methyl/N-ethyl adjacent to an activating group) is 1. The summed E-state index contributed by atoms with van der Waals surface area (Å²) in [5.74, 6) is -0.156. The van der Waals surface area contributed by atoms with Crippen molar-refractivity contribution < 1.29 is 13.2 Å². The third-order valence-electron chi connectivity index (χ3n) is 5.12. The normalized spacial score (nSPS) is 20.6. The number of carbonyl (C=O) groups is 1. The van der Waals surface area contributed by atoms with E-state index in [-0.39, 0.29) is 5.91 Å². The van der Waals surface area contributed by atoms with Crippen molar-refractivity contribution >= 4 is 21.8 Å². The molecule has 0 N–H and O–H groups in total. The fourth-order valence-electron chi connectivity index (χ4n) is 3.24. The Morgan fingerprint density at radius 1 is 0.963 bits per heavy atom. The highest BCUT2D eigenvalue weighted by molar-refractivity contribution is 7.86. The summed E-state index contributed by atoms with van der Waals surface area (Å²) in [6.07, 6.45) is 1.67. The van der Waals surface area contributed by atoms with Crippen LogP contribution in [-0.4, -0.2) is 111 Å². The van der Waals surface area contributed by atoms with Crippen molar-refractivity contribution in [1.29, 1.82) is 0 Å². The molecule has 9 nitrogen and oxygen atoms in total. The van der Waals surface area contributed by atoms with Crippen LogP contribution >= 0.6 is 0 Å². The zero-order valence-electron chi connectivity index (χ0n) is 16.2. The van der Waals surface area contributed by atoms with Gasteiger partial charge in [0.15, 0.2) is 0 Å². The molecule has 0 atom stereocenters. The van der Waals surface area contributed by atoms with E-state index in [0.29, 0.717) is 45.0 Å². The minimum atomic E-state index is -3.46. The van der Waals surface area contributed by atoms with Gasteiger partial charge in [-0.25, -0.2) is 4.98 Å². The fraction of sp³-hybridized carbons (Fsp3) is 0.647. The summed E-state index contributed by atoms with van der Waals surface area (Å²) in [5.41, 5.74) is 1.31. The van der Waals surface area contributed by atoms with Gasteiger partial charge in [0, 0.05) is 66.5 Å². The van der Waals surface area contributed by atoms with Crippen LogP contribution in [0.1, 0.15) is 10.5 Å². The Morgan fingerprint density at radius 2 is 1.52 bits per heavy atom. The summed E-state index contributed by atoms with van der Waals surface area (Å²) in [6.45, 7) is 3.90. The van der Waals surface area contributed by atoms with E-state index in [1.807, 2.05) is 32.1 Å². The maximum Gasteiger partial charge on any atom is 0.282 e. The average molecular weight is 397 g/mol. The number of rotatable bonds is 4. The van der Waals surface area contributed by atoms with E-state index in [1.54, 1.807) is 21.5 Å². The molecule has 0 aliphatic carbocycles. The number of amides is 1. The lowest BCUT2D eigenvalue weighted by atomic mass is 10.2. The minimum absolute atomic E-state index is 0.156. The molecule has 27 heavy (non-hydrogen) atoms. The lowest BCUT2D eigenvalue weighted by Gasteiger charge is -2.39. The summed E-state index contributed by atoms with van der Waals surface area (Å²) in [5, 5.41) is 0. The van der Waals surface area contributed by atoms with Gasteiger partial charge in [-0.15, -0.1) is 0 Å². The quantitative estimate of drug-likeness (QED) is 0.676. The highest BCUT2D eigenvalue weighted by Gasteiger charge is 2.34. The van der Waals surface area contributed by atoms with Crippen molar-refractivity contribution in [2.75, 3.05) is 78.4 Å². The SMILES string of the molecule is CN1CCN(S(=O)(=O)N2CCN(C(=O)c3ccc(N(C)C)cn3)CC2)CC1. The molecule has 0 aromatic carbocycles. The molecule has 2 aliphatic rings. The minimum Gasteiger partial charge on any atom is -0.376 e. The zero-order valence-corrected chi connectivity index (χ0v) is 17.0. The predicted molar refractivity (Wildman–Crippen MR) is 104 cm³/mol. The van der Waals surface area contributed by atoms with Crippen LogP contribution < -0.4 is 4.90 Å². The molecule has 0 saturated carbocycles. The van der Waals surface area contributed by atoms with Crippen LogP contribution in [0.25, 0.3) is 0 Å². The van der Waals surface area contributed by atoms with E-state index in [9.17, 15) is 13.2 Å². The number of carbonyl (C=O) groups excluding carboxylic acids is 1. The van der Waals surface area contributed by atoms with Gasteiger partial charge in [-0.1, -0.05) is 0 Å².